The molecule has 2 atom stereocenters. The largest absolute Gasteiger partial charge is 0.491 e. The summed E-state index contributed by atoms with van der Waals surface area (Å²) in [6, 6.07) is 9.98. The zero-order valence-electron chi connectivity index (χ0n) is 20.5. The lowest BCUT2D eigenvalue weighted by Crippen LogP contribution is -2.48. The molecule has 0 spiro atoms. The Kier molecular flexibility index (Phi) is 8.93. The maximum Gasteiger partial charge on any atom is 0.237 e. The van der Waals surface area contributed by atoms with Crippen molar-refractivity contribution < 1.29 is 19.4 Å². The Morgan fingerprint density at radius 1 is 1.30 bits per heavy atom. The number of likely N-dealkylation sites (N-methyl/N-ethyl adjacent to an activating group) is 1. The predicted octanol–water partition coefficient (Wildman–Crippen LogP) is 4.06. The lowest BCUT2D eigenvalue weighted by molar-refractivity contribution is -0.136. The topological polar surface area (TPSA) is 62.2 Å². The van der Waals surface area contributed by atoms with Crippen LogP contribution in [0.4, 0.5) is 0 Å². The van der Waals surface area contributed by atoms with Crippen LogP contribution in [-0.4, -0.2) is 71.9 Å². The van der Waals surface area contributed by atoms with Gasteiger partial charge in [-0.05, 0) is 69.3 Å². The fraction of sp³-hybridized carbons (Fsp3) is 0.577. The van der Waals surface area contributed by atoms with Crippen LogP contribution in [0.25, 0.3) is 0 Å². The molecule has 2 aromatic rings. The molecule has 2 heterocycles. The van der Waals surface area contributed by atoms with E-state index in [4.69, 9.17) is 9.47 Å². The maximum atomic E-state index is 13.4. The molecule has 1 amide bonds. The van der Waals surface area contributed by atoms with E-state index in [1.807, 2.05) is 68.7 Å². The Morgan fingerprint density at radius 3 is 2.76 bits per heavy atom. The molecule has 1 aromatic carbocycles. The third-order valence-corrected chi connectivity index (χ3v) is 6.89. The number of ether oxygens (including phenoxy) is 2. The number of para-hydroxylation sites is 1. The van der Waals surface area contributed by atoms with Crippen molar-refractivity contribution in [3.8, 4) is 5.75 Å². The summed E-state index contributed by atoms with van der Waals surface area (Å²) in [6.45, 7) is 12.7. The van der Waals surface area contributed by atoms with E-state index in [-0.39, 0.29) is 30.7 Å². The van der Waals surface area contributed by atoms with Gasteiger partial charge in [-0.1, -0.05) is 25.1 Å². The summed E-state index contributed by atoms with van der Waals surface area (Å²) in [7, 11) is 0. The first kappa shape index (κ1) is 25.7. The van der Waals surface area contributed by atoms with Gasteiger partial charge < -0.3 is 19.5 Å². The SMILES string of the molecule is CCN(CC(=O)N1CCc2sccc2[C@H]1COc1ccccc1C)C[C@H](O)COC(C)(C)C. The molecule has 0 aliphatic carbocycles. The van der Waals surface area contributed by atoms with Crippen LogP contribution in [0.5, 0.6) is 5.75 Å². The first-order valence-electron chi connectivity index (χ1n) is 11.8. The van der Waals surface area contributed by atoms with E-state index in [0.717, 1.165) is 17.7 Å². The normalized spacial score (nSPS) is 17.2. The molecule has 0 saturated carbocycles. The molecule has 0 radical (unpaired) electrons. The minimum atomic E-state index is -0.637. The zero-order chi connectivity index (χ0) is 24.0. The van der Waals surface area contributed by atoms with Crippen LogP contribution in [0.2, 0.25) is 0 Å². The van der Waals surface area contributed by atoms with Crippen LogP contribution in [0.3, 0.4) is 0 Å². The van der Waals surface area contributed by atoms with Gasteiger partial charge in [-0.15, -0.1) is 11.3 Å². The van der Waals surface area contributed by atoms with Gasteiger partial charge in [-0.25, -0.2) is 0 Å². The second-order valence-corrected chi connectivity index (χ2v) is 10.6. The van der Waals surface area contributed by atoms with Crippen LogP contribution in [0.15, 0.2) is 35.7 Å². The van der Waals surface area contributed by atoms with Crippen molar-refractivity contribution in [1.82, 2.24) is 9.80 Å². The van der Waals surface area contributed by atoms with E-state index in [1.165, 1.54) is 10.4 Å². The monoisotopic (exact) mass is 474 g/mol. The fourth-order valence-electron chi connectivity index (χ4n) is 4.05. The molecule has 0 fully saturated rings. The number of benzene rings is 1. The van der Waals surface area contributed by atoms with Crippen molar-refractivity contribution >= 4 is 17.2 Å². The van der Waals surface area contributed by atoms with Gasteiger partial charge in [-0.2, -0.15) is 0 Å². The van der Waals surface area contributed by atoms with Crippen molar-refractivity contribution in [3.05, 3.63) is 51.7 Å². The number of nitrogens with zero attached hydrogens (tertiary/aromatic N) is 2. The highest BCUT2D eigenvalue weighted by molar-refractivity contribution is 7.10. The number of hydrogen-bond donors (Lipinski definition) is 1. The van der Waals surface area contributed by atoms with E-state index in [9.17, 15) is 9.90 Å². The highest BCUT2D eigenvalue weighted by atomic mass is 32.1. The molecule has 0 saturated heterocycles. The lowest BCUT2D eigenvalue weighted by Gasteiger charge is -2.37. The smallest absolute Gasteiger partial charge is 0.237 e. The minimum absolute atomic E-state index is 0.0658. The number of fused-ring (bicyclic) bond motifs is 1. The van der Waals surface area contributed by atoms with Gasteiger partial charge in [0.1, 0.15) is 12.4 Å². The van der Waals surface area contributed by atoms with E-state index in [2.05, 4.69) is 11.4 Å². The number of carbonyl (C=O) groups excluding carboxylic acids is 1. The number of aliphatic hydroxyl groups is 1. The van der Waals surface area contributed by atoms with Crippen LogP contribution in [0, 0.1) is 6.92 Å². The van der Waals surface area contributed by atoms with Crippen molar-refractivity contribution in [3.63, 3.8) is 0 Å². The summed E-state index contributed by atoms with van der Waals surface area (Å²) in [6.07, 6.45) is 0.232. The molecular weight excluding hydrogens is 436 g/mol. The Labute approximate surface area is 202 Å². The number of carbonyl (C=O) groups is 1. The molecule has 33 heavy (non-hydrogen) atoms. The van der Waals surface area contributed by atoms with Crippen LogP contribution >= 0.6 is 11.3 Å². The van der Waals surface area contributed by atoms with Crippen LogP contribution in [0.1, 0.15) is 49.7 Å². The van der Waals surface area contributed by atoms with E-state index in [0.29, 0.717) is 26.2 Å². The van der Waals surface area contributed by atoms with Crippen LogP contribution in [-0.2, 0) is 16.0 Å². The van der Waals surface area contributed by atoms with Crippen molar-refractivity contribution in [2.24, 2.45) is 0 Å². The van der Waals surface area contributed by atoms with Gasteiger partial charge in [0.15, 0.2) is 0 Å². The number of rotatable bonds is 10. The second kappa shape index (κ2) is 11.5. The van der Waals surface area contributed by atoms with Crippen LogP contribution < -0.4 is 4.74 Å². The zero-order valence-corrected chi connectivity index (χ0v) is 21.4. The summed E-state index contributed by atoms with van der Waals surface area (Å²) in [5.41, 5.74) is 1.97. The summed E-state index contributed by atoms with van der Waals surface area (Å²) >= 11 is 1.75. The first-order chi connectivity index (χ1) is 15.7. The quantitative estimate of drug-likeness (QED) is 0.563. The fourth-order valence-corrected chi connectivity index (χ4v) is 4.97. The van der Waals surface area contributed by atoms with Crippen molar-refractivity contribution in [2.45, 2.75) is 58.8 Å². The highest BCUT2D eigenvalue weighted by Crippen LogP contribution is 2.34. The van der Waals surface area contributed by atoms with Gasteiger partial charge in [0.2, 0.25) is 5.91 Å². The summed E-state index contributed by atoms with van der Waals surface area (Å²) in [5, 5.41) is 12.5. The van der Waals surface area contributed by atoms with Gasteiger partial charge >= 0.3 is 0 Å². The highest BCUT2D eigenvalue weighted by Gasteiger charge is 2.33. The average Bonchev–Trinajstić information content (AvgIpc) is 3.25. The third kappa shape index (κ3) is 7.27. The molecule has 0 unspecified atom stereocenters. The van der Waals surface area contributed by atoms with Crippen molar-refractivity contribution in [1.29, 1.82) is 0 Å². The minimum Gasteiger partial charge on any atom is -0.491 e. The first-order valence-corrected chi connectivity index (χ1v) is 12.6. The van der Waals surface area contributed by atoms with Gasteiger partial charge in [-0.3, -0.25) is 9.69 Å². The number of amides is 1. The number of aryl methyl sites for hydroxylation is 1. The second-order valence-electron chi connectivity index (χ2n) is 9.63. The van der Waals surface area contributed by atoms with Gasteiger partial charge in [0.25, 0.3) is 0 Å². The molecule has 1 aliphatic heterocycles. The molecule has 1 aliphatic rings. The standard InChI is InChI=1S/C26H38N2O4S/c1-6-27(15-20(29)17-32-26(3,4)5)16-25(30)28-13-11-24-21(12-14-33-24)22(28)18-31-23-10-8-7-9-19(23)2/h7-10,12,14,20,22,29H,6,11,13,15-18H2,1-5H3/t20-,22+/m0/s1. The molecule has 1 N–H and O–H groups in total. The summed E-state index contributed by atoms with van der Waals surface area (Å²) in [5.74, 6) is 0.917. The van der Waals surface area contributed by atoms with Gasteiger partial charge in [0.05, 0.1) is 30.9 Å². The van der Waals surface area contributed by atoms with E-state index in [1.54, 1.807) is 11.3 Å². The predicted molar refractivity (Wildman–Crippen MR) is 133 cm³/mol. The Hall–Kier alpha value is -1.93. The lowest BCUT2D eigenvalue weighted by atomic mass is 10.0. The molecule has 0 bridgehead atoms. The Bertz CT molecular complexity index is 908. The third-order valence-electron chi connectivity index (χ3n) is 5.89. The number of aliphatic hydroxyl groups excluding tert-OH is 1. The molecule has 7 heteroatoms. The molecular formula is C26H38N2O4S. The van der Waals surface area contributed by atoms with Gasteiger partial charge in [0, 0.05) is 18.0 Å². The summed E-state index contributed by atoms with van der Waals surface area (Å²) < 4.78 is 11.9. The van der Waals surface area contributed by atoms with E-state index >= 15 is 0 Å². The average molecular weight is 475 g/mol. The Morgan fingerprint density at radius 2 is 2.06 bits per heavy atom. The molecule has 3 rings (SSSR count). The Balaban J connectivity index is 1.66. The van der Waals surface area contributed by atoms with Crippen molar-refractivity contribution in [2.75, 3.05) is 39.4 Å². The molecule has 1 aromatic heterocycles. The molecule has 182 valence electrons. The molecule has 6 nitrogen and oxygen atoms in total. The maximum absolute atomic E-state index is 13.4. The number of thiophene rings is 1. The number of hydrogen-bond acceptors (Lipinski definition) is 6. The summed E-state index contributed by atoms with van der Waals surface area (Å²) in [4.78, 5) is 18.7. The van der Waals surface area contributed by atoms with E-state index < -0.39 is 6.10 Å².